The number of carbonyl (C=O) groups excluding carboxylic acids is 3. The van der Waals surface area contributed by atoms with Crippen molar-refractivity contribution >= 4 is 29.5 Å². The molecule has 2 fully saturated rings. The fourth-order valence-corrected chi connectivity index (χ4v) is 4.70. The maximum absolute atomic E-state index is 12.7. The summed E-state index contributed by atoms with van der Waals surface area (Å²) in [6, 6.07) is 1.34. The minimum Gasteiger partial charge on any atom is -0.345 e. The molecule has 1 unspecified atom stereocenters. The van der Waals surface area contributed by atoms with Gasteiger partial charge in [-0.3, -0.25) is 14.5 Å². The number of Topliss-reactive ketones (excluding diaryl/α,β-unsaturated/α-hetero) is 1. The summed E-state index contributed by atoms with van der Waals surface area (Å²) in [5, 5.41) is 2.78. The predicted molar refractivity (Wildman–Crippen MR) is 93.4 cm³/mol. The lowest BCUT2D eigenvalue weighted by molar-refractivity contribution is -0.130. The molecule has 1 aromatic rings. The number of rotatable bonds is 5. The van der Waals surface area contributed by atoms with Gasteiger partial charge in [0.05, 0.1) is 6.54 Å². The first-order valence-electron chi connectivity index (χ1n) is 7.92. The van der Waals surface area contributed by atoms with Crippen LogP contribution in [-0.4, -0.2) is 50.8 Å². The number of hydrogen-bond donors (Lipinski definition) is 1. The Morgan fingerprint density at radius 3 is 2.83 bits per heavy atom. The maximum Gasteiger partial charge on any atom is 0.325 e. The van der Waals surface area contributed by atoms with Gasteiger partial charge in [0.1, 0.15) is 5.54 Å². The number of amides is 3. The van der Waals surface area contributed by atoms with E-state index in [-0.39, 0.29) is 18.2 Å². The van der Waals surface area contributed by atoms with Gasteiger partial charge in [0.2, 0.25) is 0 Å². The van der Waals surface area contributed by atoms with Gasteiger partial charge in [0, 0.05) is 29.2 Å². The van der Waals surface area contributed by atoms with E-state index in [1.165, 1.54) is 0 Å². The summed E-state index contributed by atoms with van der Waals surface area (Å²) < 4.78 is 1.99. The van der Waals surface area contributed by atoms with Gasteiger partial charge in [-0.1, -0.05) is 6.08 Å². The van der Waals surface area contributed by atoms with Crippen LogP contribution in [0.15, 0.2) is 18.7 Å². The highest BCUT2D eigenvalue weighted by Gasteiger charge is 2.53. The standard InChI is InChI=1S/C17H21N3O3S/c1-4-6-19-11(2)8-13(12(19)3)14(21)9-20-15(22)17(18-16(20)23)5-7-24-10-17/h4,8H,1,5-7,9-10H2,2-3H3,(H,18,23). The summed E-state index contributed by atoms with van der Waals surface area (Å²) in [4.78, 5) is 38.5. The van der Waals surface area contributed by atoms with Crippen LogP contribution in [0.4, 0.5) is 4.79 Å². The molecule has 3 heterocycles. The second-order valence-corrected chi connectivity index (χ2v) is 7.42. The smallest absolute Gasteiger partial charge is 0.325 e. The van der Waals surface area contributed by atoms with E-state index in [1.54, 1.807) is 23.9 Å². The molecule has 24 heavy (non-hydrogen) atoms. The quantitative estimate of drug-likeness (QED) is 0.502. The van der Waals surface area contributed by atoms with Crippen molar-refractivity contribution in [1.82, 2.24) is 14.8 Å². The van der Waals surface area contributed by atoms with Gasteiger partial charge >= 0.3 is 6.03 Å². The van der Waals surface area contributed by atoms with Crippen molar-refractivity contribution in [3.8, 4) is 0 Å². The first-order valence-corrected chi connectivity index (χ1v) is 9.08. The molecule has 128 valence electrons. The summed E-state index contributed by atoms with van der Waals surface area (Å²) >= 11 is 1.65. The van der Waals surface area contributed by atoms with Gasteiger partial charge in [-0.2, -0.15) is 11.8 Å². The largest absolute Gasteiger partial charge is 0.345 e. The Morgan fingerprint density at radius 1 is 1.46 bits per heavy atom. The number of thioether (sulfide) groups is 1. The molecule has 1 N–H and O–H groups in total. The van der Waals surface area contributed by atoms with Crippen molar-refractivity contribution in [2.24, 2.45) is 0 Å². The molecule has 0 radical (unpaired) electrons. The van der Waals surface area contributed by atoms with Gasteiger partial charge in [-0.05, 0) is 32.1 Å². The minimum absolute atomic E-state index is 0.213. The number of allylic oxidation sites excluding steroid dienone is 1. The number of nitrogens with zero attached hydrogens (tertiary/aromatic N) is 2. The van der Waals surface area contributed by atoms with Crippen LogP contribution in [0.25, 0.3) is 0 Å². The molecule has 1 atom stereocenters. The summed E-state index contributed by atoms with van der Waals surface area (Å²) in [5.41, 5.74) is 1.53. The van der Waals surface area contributed by atoms with Gasteiger partial charge in [0.15, 0.2) is 5.78 Å². The Hall–Kier alpha value is -2.02. The predicted octanol–water partition coefficient (Wildman–Crippen LogP) is 1.90. The van der Waals surface area contributed by atoms with Crippen molar-refractivity contribution in [2.75, 3.05) is 18.1 Å². The average molecular weight is 347 g/mol. The van der Waals surface area contributed by atoms with Gasteiger partial charge < -0.3 is 9.88 Å². The highest BCUT2D eigenvalue weighted by molar-refractivity contribution is 7.99. The zero-order valence-electron chi connectivity index (χ0n) is 13.9. The third-order valence-corrected chi connectivity index (χ3v) is 5.94. The Kier molecular flexibility index (Phi) is 4.29. The molecule has 1 aromatic heterocycles. The lowest BCUT2D eigenvalue weighted by Gasteiger charge is -2.18. The highest BCUT2D eigenvalue weighted by Crippen LogP contribution is 2.33. The number of urea groups is 1. The van der Waals surface area contributed by atoms with Crippen LogP contribution >= 0.6 is 11.8 Å². The zero-order valence-corrected chi connectivity index (χ0v) is 14.7. The summed E-state index contributed by atoms with van der Waals surface area (Å²) in [7, 11) is 0. The zero-order chi connectivity index (χ0) is 17.5. The molecule has 3 amide bonds. The van der Waals surface area contributed by atoms with Gasteiger partial charge in [0.25, 0.3) is 5.91 Å². The molecular weight excluding hydrogens is 326 g/mol. The molecule has 7 heteroatoms. The number of aryl methyl sites for hydroxylation is 1. The first kappa shape index (κ1) is 16.8. The molecule has 3 rings (SSSR count). The highest BCUT2D eigenvalue weighted by atomic mass is 32.2. The monoisotopic (exact) mass is 347 g/mol. The topological polar surface area (TPSA) is 71.4 Å². The number of carbonyl (C=O) groups is 3. The first-order chi connectivity index (χ1) is 11.4. The van der Waals surface area contributed by atoms with Crippen LogP contribution in [0.3, 0.4) is 0 Å². The lowest BCUT2D eigenvalue weighted by Crippen LogP contribution is -2.47. The van der Waals surface area contributed by atoms with Crippen molar-refractivity contribution in [3.63, 3.8) is 0 Å². The molecule has 2 aliphatic rings. The van der Waals surface area contributed by atoms with Crippen LogP contribution in [0.5, 0.6) is 0 Å². The van der Waals surface area contributed by atoms with E-state index >= 15 is 0 Å². The fraction of sp³-hybridized carbons (Fsp3) is 0.471. The van der Waals surface area contributed by atoms with Crippen molar-refractivity contribution in [1.29, 1.82) is 0 Å². The Morgan fingerprint density at radius 2 is 2.21 bits per heavy atom. The second-order valence-electron chi connectivity index (χ2n) is 6.31. The van der Waals surface area contributed by atoms with E-state index in [2.05, 4.69) is 11.9 Å². The lowest BCUT2D eigenvalue weighted by atomic mass is 9.99. The number of nitrogens with one attached hydrogen (secondary N) is 1. The van der Waals surface area contributed by atoms with Crippen LogP contribution in [0, 0.1) is 13.8 Å². The van der Waals surface area contributed by atoms with E-state index in [4.69, 9.17) is 0 Å². The van der Waals surface area contributed by atoms with Crippen molar-refractivity contribution < 1.29 is 14.4 Å². The molecular formula is C17H21N3O3S. The van der Waals surface area contributed by atoms with Crippen molar-refractivity contribution in [3.05, 3.63) is 35.7 Å². The van der Waals surface area contributed by atoms with E-state index in [1.807, 2.05) is 18.4 Å². The third-order valence-electron chi connectivity index (χ3n) is 4.75. The molecule has 0 bridgehead atoms. The van der Waals surface area contributed by atoms with Crippen LogP contribution in [0.1, 0.15) is 28.2 Å². The Labute approximate surface area is 145 Å². The van der Waals surface area contributed by atoms with Crippen LogP contribution in [0.2, 0.25) is 0 Å². The van der Waals surface area contributed by atoms with E-state index in [9.17, 15) is 14.4 Å². The van der Waals surface area contributed by atoms with Crippen LogP contribution < -0.4 is 5.32 Å². The number of aromatic nitrogens is 1. The Balaban J connectivity index is 1.80. The molecule has 0 aromatic carbocycles. The maximum atomic E-state index is 12.7. The van der Waals surface area contributed by atoms with E-state index in [0.29, 0.717) is 24.3 Å². The SMILES string of the molecule is C=CCn1c(C)cc(C(=O)CN2C(=O)NC3(CCSC3)C2=O)c1C. The fourth-order valence-electron chi connectivity index (χ4n) is 3.37. The van der Waals surface area contributed by atoms with Gasteiger partial charge in [-0.15, -0.1) is 6.58 Å². The van der Waals surface area contributed by atoms with Crippen LogP contribution in [-0.2, 0) is 11.3 Å². The molecule has 0 aliphatic carbocycles. The normalized spacial score (nSPS) is 23.2. The number of ketones is 1. The molecule has 0 saturated carbocycles. The third kappa shape index (κ3) is 2.56. The minimum atomic E-state index is -0.804. The summed E-state index contributed by atoms with van der Waals surface area (Å²) in [5.74, 6) is 0.933. The number of imide groups is 1. The Bertz CT molecular complexity index is 732. The number of hydrogen-bond acceptors (Lipinski definition) is 4. The molecule has 6 nitrogen and oxygen atoms in total. The average Bonchev–Trinajstić information content (AvgIpc) is 3.18. The van der Waals surface area contributed by atoms with E-state index in [0.717, 1.165) is 22.0 Å². The molecule has 1 spiro atoms. The molecule has 2 aliphatic heterocycles. The summed E-state index contributed by atoms with van der Waals surface area (Å²) in [6.45, 7) is 7.92. The molecule has 2 saturated heterocycles. The van der Waals surface area contributed by atoms with Crippen molar-refractivity contribution in [2.45, 2.75) is 32.4 Å². The van der Waals surface area contributed by atoms with Gasteiger partial charge in [-0.25, -0.2) is 4.79 Å². The van der Waals surface area contributed by atoms with E-state index < -0.39 is 11.6 Å². The second kappa shape index (κ2) is 6.12. The summed E-state index contributed by atoms with van der Waals surface area (Å²) in [6.07, 6.45) is 2.40.